The van der Waals surface area contributed by atoms with E-state index >= 15 is 0 Å². The summed E-state index contributed by atoms with van der Waals surface area (Å²) in [6, 6.07) is 0. The van der Waals surface area contributed by atoms with Crippen molar-refractivity contribution in [1.82, 2.24) is 9.80 Å². The molecule has 1 atom stereocenters. The molecule has 1 fully saturated rings. The predicted octanol–water partition coefficient (Wildman–Crippen LogP) is 1.82. The quantitative estimate of drug-likeness (QED) is 0.755. The summed E-state index contributed by atoms with van der Waals surface area (Å²) >= 11 is 0. The number of likely N-dealkylation sites (tertiary alicyclic amines) is 1. The number of hydrogen-bond donors (Lipinski definition) is 1. The smallest absolute Gasteiger partial charge is 0.408 e. The van der Waals surface area contributed by atoms with Crippen molar-refractivity contribution < 1.29 is 9.90 Å². The molecule has 0 saturated carbocycles. The lowest BCUT2D eigenvalue weighted by Gasteiger charge is -2.40. The van der Waals surface area contributed by atoms with Gasteiger partial charge in [-0.1, -0.05) is 13.8 Å². The van der Waals surface area contributed by atoms with Gasteiger partial charge in [0.05, 0.1) is 6.17 Å². The normalized spacial score (nSPS) is 22.8. The molecule has 0 aromatic heterocycles. The molecule has 1 N–H and O–H groups in total. The summed E-state index contributed by atoms with van der Waals surface area (Å²) in [6.45, 7) is 6.70. The molecule has 1 aliphatic rings. The summed E-state index contributed by atoms with van der Waals surface area (Å²) in [5, 5.41) is 9.05. The largest absolute Gasteiger partial charge is 0.465 e. The van der Waals surface area contributed by atoms with Gasteiger partial charge in [-0.3, -0.25) is 9.80 Å². The number of carboxylic acid groups (broad SMARTS) is 1. The van der Waals surface area contributed by atoms with Crippen molar-refractivity contribution in [1.29, 1.82) is 0 Å². The van der Waals surface area contributed by atoms with Gasteiger partial charge in [-0.05, 0) is 32.4 Å². The van der Waals surface area contributed by atoms with Gasteiger partial charge in [-0.25, -0.2) is 4.79 Å². The highest BCUT2D eigenvalue weighted by Gasteiger charge is 2.29. The van der Waals surface area contributed by atoms with Gasteiger partial charge in [-0.2, -0.15) is 0 Å². The second-order valence-electron chi connectivity index (χ2n) is 3.67. The van der Waals surface area contributed by atoms with Crippen molar-refractivity contribution in [3.8, 4) is 0 Å². The Morgan fingerprint density at radius 3 is 2.57 bits per heavy atom. The van der Waals surface area contributed by atoms with Gasteiger partial charge in [0, 0.05) is 6.54 Å². The number of amides is 1. The van der Waals surface area contributed by atoms with E-state index in [0.717, 1.165) is 32.4 Å². The number of rotatable bonds is 3. The van der Waals surface area contributed by atoms with E-state index in [1.165, 1.54) is 0 Å². The zero-order valence-corrected chi connectivity index (χ0v) is 9.07. The van der Waals surface area contributed by atoms with Crippen LogP contribution in [0, 0.1) is 0 Å². The predicted molar refractivity (Wildman–Crippen MR) is 55.3 cm³/mol. The third-order valence-electron chi connectivity index (χ3n) is 2.95. The Labute approximate surface area is 85.5 Å². The minimum absolute atomic E-state index is 0.108. The molecule has 1 rings (SSSR count). The molecule has 1 heterocycles. The van der Waals surface area contributed by atoms with Gasteiger partial charge in [0.2, 0.25) is 0 Å². The first-order valence-corrected chi connectivity index (χ1v) is 5.44. The number of nitrogens with zero attached hydrogens (tertiary/aromatic N) is 2. The summed E-state index contributed by atoms with van der Waals surface area (Å²) in [5.74, 6) is 0. The minimum Gasteiger partial charge on any atom is -0.465 e. The van der Waals surface area contributed by atoms with Gasteiger partial charge in [0.1, 0.15) is 0 Å². The van der Waals surface area contributed by atoms with Crippen LogP contribution < -0.4 is 0 Å². The van der Waals surface area contributed by atoms with E-state index in [-0.39, 0.29) is 6.17 Å². The third kappa shape index (κ3) is 2.38. The molecule has 0 bridgehead atoms. The van der Waals surface area contributed by atoms with Crippen molar-refractivity contribution in [2.75, 3.05) is 19.6 Å². The molecule has 1 aliphatic heterocycles. The topological polar surface area (TPSA) is 43.8 Å². The maximum absolute atomic E-state index is 11.0. The maximum Gasteiger partial charge on any atom is 0.408 e. The molecular weight excluding hydrogens is 180 g/mol. The van der Waals surface area contributed by atoms with Crippen LogP contribution in [0.25, 0.3) is 0 Å². The molecule has 82 valence electrons. The van der Waals surface area contributed by atoms with Gasteiger partial charge in [0.25, 0.3) is 0 Å². The summed E-state index contributed by atoms with van der Waals surface area (Å²) in [4.78, 5) is 14.8. The van der Waals surface area contributed by atoms with Gasteiger partial charge in [0.15, 0.2) is 0 Å². The van der Waals surface area contributed by atoms with E-state index in [1.807, 2.05) is 0 Å². The number of piperidine rings is 1. The Morgan fingerprint density at radius 1 is 1.43 bits per heavy atom. The Hall–Kier alpha value is -0.770. The van der Waals surface area contributed by atoms with Crippen LogP contribution in [0.5, 0.6) is 0 Å². The first-order chi connectivity index (χ1) is 6.70. The van der Waals surface area contributed by atoms with Gasteiger partial charge < -0.3 is 5.11 Å². The molecule has 4 nitrogen and oxygen atoms in total. The molecule has 0 spiro atoms. The fraction of sp³-hybridized carbons (Fsp3) is 0.900. The van der Waals surface area contributed by atoms with Crippen molar-refractivity contribution in [2.45, 2.75) is 39.3 Å². The van der Waals surface area contributed by atoms with E-state index in [2.05, 4.69) is 18.7 Å². The van der Waals surface area contributed by atoms with Gasteiger partial charge in [-0.15, -0.1) is 0 Å². The lowest BCUT2D eigenvalue weighted by molar-refractivity contribution is 0.0255. The maximum atomic E-state index is 11.0. The molecule has 0 aliphatic carbocycles. The van der Waals surface area contributed by atoms with Gasteiger partial charge >= 0.3 is 6.09 Å². The molecule has 0 radical (unpaired) electrons. The molecule has 14 heavy (non-hydrogen) atoms. The van der Waals surface area contributed by atoms with Crippen LogP contribution in [-0.2, 0) is 0 Å². The summed E-state index contributed by atoms with van der Waals surface area (Å²) in [5.41, 5.74) is 0. The molecule has 1 saturated heterocycles. The number of hydrogen-bond acceptors (Lipinski definition) is 2. The SMILES string of the molecule is CCN(CC)C1CCCCN1C(=O)O. The average Bonchev–Trinajstić information content (AvgIpc) is 2.20. The fourth-order valence-electron chi connectivity index (χ4n) is 2.16. The standard InChI is InChI=1S/C10H20N2O2/c1-3-11(4-2)9-7-5-6-8-12(9)10(13)14/h9H,3-8H2,1-2H3,(H,13,14). The van der Waals surface area contributed by atoms with Crippen LogP contribution in [-0.4, -0.2) is 46.8 Å². The molecule has 0 aromatic rings. The van der Waals surface area contributed by atoms with E-state index < -0.39 is 6.09 Å². The highest BCUT2D eigenvalue weighted by Crippen LogP contribution is 2.19. The van der Waals surface area contributed by atoms with Crippen molar-refractivity contribution in [2.24, 2.45) is 0 Å². The monoisotopic (exact) mass is 200 g/mol. The van der Waals surface area contributed by atoms with Crippen LogP contribution in [0.1, 0.15) is 33.1 Å². The molecule has 1 unspecified atom stereocenters. The second kappa shape index (κ2) is 5.20. The van der Waals surface area contributed by atoms with Crippen molar-refractivity contribution >= 4 is 6.09 Å². The molecular formula is C10H20N2O2. The molecule has 1 amide bonds. The van der Waals surface area contributed by atoms with Crippen LogP contribution in [0.4, 0.5) is 4.79 Å². The Kier molecular flexibility index (Phi) is 4.20. The Morgan fingerprint density at radius 2 is 2.07 bits per heavy atom. The lowest BCUT2D eigenvalue weighted by Crippen LogP contribution is -2.52. The minimum atomic E-state index is -0.776. The van der Waals surface area contributed by atoms with E-state index in [9.17, 15) is 4.79 Å². The van der Waals surface area contributed by atoms with Crippen LogP contribution in [0.2, 0.25) is 0 Å². The zero-order chi connectivity index (χ0) is 10.6. The second-order valence-corrected chi connectivity index (χ2v) is 3.67. The molecule has 0 aromatic carbocycles. The van der Waals surface area contributed by atoms with Crippen LogP contribution >= 0.6 is 0 Å². The van der Waals surface area contributed by atoms with E-state index in [4.69, 9.17) is 5.11 Å². The third-order valence-corrected chi connectivity index (χ3v) is 2.95. The lowest BCUT2D eigenvalue weighted by atomic mass is 10.1. The first-order valence-electron chi connectivity index (χ1n) is 5.44. The first kappa shape index (κ1) is 11.3. The Balaban J connectivity index is 2.65. The zero-order valence-electron chi connectivity index (χ0n) is 9.07. The van der Waals surface area contributed by atoms with Crippen LogP contribution in [0.3, 0.4) is 0 Å². The average molecular weight is 200 g/mol. The molecule has 4 heteroatoms. The van der Waals surface area contributed by atoms with Crippen molar-refractivity contribution in [3.05, 3.63) is 0 Å². The van der Waals surface area contributed by atoms with Crippen molar-refractivity contribution in [3.63, 3.8) is 0 Å². The van der Waals surface area contributed by atoms with Crippen LogP contribution in [0.15, 0.2) is 0 Å². The highest BCUT2D eigenvalue weighted by atomic mass is 16.4. The van der Waals surface area contributed by atoms with E-state index in [0.29, 0.717) is 6.54 Å². The fourth-order valence-corrected chi connectivity index (χ4v) is 2.16. The Bertz CT molecular complexity index is 193. The summed E-state index contributed by atoms with van der Waals surface area (Å²) in [6.07, 6.45) is 2.46. The summed E-state index contributed by atoms with van der Waals surface area (Å²) < 4.78 is 0. The highest BCUT2D eigenvalue weighted by molar-refractivity contribution is 5.65. The number of carbonyl (C=O) groups is 1. The van der Waals surface area contributed by atoms with E-state index in [1.54, 1.807) is 4.90 Å². The summed E-state index contributed by atoms with van der Waals surface area (Å²) in [7, 11) is 0.